The topological polar surface area (TPSA) is 276 Å². The summed E-state index contributed by atoms with van der Waals surface area (Å²) in [6.45, 7) is 11.0. The zero-order valence-corrected chi connectivity index (χ0v) is 50.0. The van der Waals surface area contributed by atoms with Crippen LogP contribution >= 0.6 is 23.5 Å². The molecule has 3 aliphatic carbocycles. The molecule has 0 bridgehead atoms. The molecule has 8 atom stereocenters. The number of aliphatic hydroxyl groups is 4. The monoisotopic (exact) mass is 1250 g/mol. The molecule has 0 amide bonds. The quantitative estimate of drug-likeness (QED) is 0.0119. The summed E-state index contributed by atoms with van der Waals surface area (Å²) in [5.41, 5.74) is 0.996. The number of aliphatic hydroxyl groups excluding tert-OH is 4. The van der Waals surface area contributed by atoms with E-state index >= 15 is 0 Å². The highest BCUT2D eigenvalue weighted by Crippen LogP contribution is 2.63. The first kappa shape index (κ1) is 64.6. The Morgan fingerprint density at radius 3 is 1.49 bits per heavy atom. The zero-order chi connectivity index (χ0) is 62.4. The van der Waals surface area contributed by atoms with Crippen molar-refractivity contribution in [1.82, 2.24) is 0 Å². The first-order valence-corrected chi connectivity index (χ1v) is 30.9. The van der Waals surface area contributed by atoms with Gasteiger partial charge in [0.05, 0.1) is 32.3 Å². The van der Waals surface area contributed by atoms with Crippen LogP contribution in [0.5, 0.6) is 34.5 Å². The van der Waals surface area contributed by atoms with Crippen LogP contribution in [0, 0.1) is 29.6 Å². The molecule has 466 valence electrons. The minimum absolute atomic E-state index is 0.102. The molecule has 0 aromatic heterocycles. The van der Waals surface area contributed by atoms with Gasteiger partial charge in [-0.05, 0) is 105 Å². The van der Waals surface area contributed by atoms with E-state index < -0.39 is 83.4 Å². The van der Waals surface area contributed by atoms with Crippen molar-refractivity contribution in [3.05, 3.63) is 146 Å². The van der Waals surface area contributed by atoms with Crippen LogP contribution in [-0.2, 0) is 42.9 Å². The first-order valence-electron chi connectivity index (χ1n) is 29.1. The summed E-state index contributed by atoms with van der Waals surface area (Å²) < 4.78 is 56.6. The Hall–Kier alpha value is -7.86. The third-order valence-electron chi connectivity index (χ3n) is 15.8. The number of hydrogen-bond donors (Lipinski definition) is 4. The molecule has 8 unspecified atom stereocenters. The Morgan fingerprint density at radius 2 is 1.00 bits per heavy atom. The van der Waals surface area contributed by atoms with Crippen LogP contribution in [0.25, 0.3) is 10.8 Å². The number of rotatable bonds is 28. The fourth-order valence-electron chi connectivity index (χ4n) is 11.0. The van der Waals surface area contributed by atoms with Gasteiger partial charge in [0.15, 0.2) is 36.9 Å². The van der Waals surface area contributed by atoms with E-state index in [2.05, 4.69) is 19.7 Å². The van der Waals surface area contributed by atoms with E-state index in [0.29, 0.717) is 112 Å². The maximum atomic E-state index is 14.1. The van der Waals surface area contributed by atoms with Gasteiger partial charge in [-0.2, -0.15) is 0 Å². The molecule has 5 aromatic rings. The highest BCUT2D eigenvalue weighted by atomic mass is 32.2. The number of carbonyl (C=O) groups excluding carboxylic acids is 6. The molecule has 22 heteroatoms. The van der Waals surface area contributed by atoms with Gasteiger partial charge in [0.2, 0.25) is 0 Å². The summed E-state index contributed by atoms with van der Waals surface area (Å²) in [6.07, 6.45) is 0.139. The molecule has 9 rings (SSSR count). The highest BCUT2D eigenvalue weighted by Gasteiger charge is 2.48. The van der Waals surface area contributed by atoms with Gasteiger partial charge in [0.1, 0.15) is 60.9 Å². The predicted octanol–water partition coefficient (Wildman–Crippen LogP) is 9.56. The highest BCUT2D eigenvalue weighted by molar-refractivity contribution is 8.19. The lowest BCUT2D eigenvalue weighted by molar-refractivity contribution is -0.158. The molecular formula is C66H70O20S2. The minimum atomic E-state index is -1.31. The lowest BCUT2D eigenvalue weighted by Crippen LogP contribution is -2.35. The van der Waals surface area contributed by atoms with Gasteiger partial charge in [0.25, 0.3) is 0 Å². The van der Waals surface area contributed by atoms with Crippen LogP contribution in [-0.4, -0.2) is 118 Å². The van der Waals surface area contributed by atoms with Gasteiger partial charge in [0, 0.05) is 58.7 Å². The molecule has 5 aromatic carbocycles. The number of ketones is 1. The largest absolute Gasteiger partial charge is 0.490 e. The molecule has 4 aliphatic rings. The number of benzene rings is 5. The Bertz CT molecular complexity index is 3320. The van der Waals surface area contributed by atoms with Crippen LogP contribution in [0.2, 0.25) is 0 Å². The van der Waals surface area contributed by atoms with Crippen LogP contribution in [0.1, 0.15) is 86.7 Å². The number of Topliss-reactive ketones (excluding diaryl/α,β-unsaturated/α-hetero) is 1. The lowest BCUT2D eigenvalue weighted by Gasteiger charge is -2.34. The van der Waals surface area contributed by atoms with Gasteiger partial charge in [-0.15, -0.1) is 23.5 Å². The van der Waals surface area contributed by atoms with Gasteiger partial charge in [-0.25, -0.2) is 14.4 Å². The maximum Gasteiger partial charge on any atom is 0.330 e. The number of hydrogen-bond acceptors (Lipinski definition) is 22. The van der Waals surface area contributed by atoms with E-state index in [1.54, 1.807) is 79.7 Å². The molecule has 0 saturated heterocycles. The van der Waals surface area contributed by atoms with E-state index in [1.165, 1.54) is 23.5 Å². The fraction of sp³-hybridized carbons (Fsp3) is 0.394. The Morgan fingerprint density at radius 1 is 0.557 bits per heavy atom. The average molecular weight is 1250 g/mol. The van der Waals surface area contributed by atoms with Crippen molar-refractivity contribution in [2.24, 2.45) is 29.6 Å². The number of carbonyl (C=O) groups is 6. The third-order valence-corrected chi connectivity index (χ3v) is 18.8. The Labute approximate surface area is 517 Å². The molecule has 1 heterocycles. The third kappa shape index (κ3) is 16.1. The molecule has 1 aliphatic heterocycles. The van der Waals surface area contributed by atoms with Crippen molar-refractivity contribution in [1.29, 1.82) is 0 Å². The summed E-state index contributed by atoms with van der Waals surface area (Å²) in [5, 5.41) is 48.1. The van der Waals surface area contributed by atoms with Crippen molar-refractivity contribution in [2.45, 2.75) is 116 Å². The minimum Gasteiger partial charge on any atom is -0.490 e. The predicted molar refractivity (Wildman–Crippen MR) is 322 cm³/mol. The molecular weight excluding hydrogens is 1180 g/mol. The second-order valence-corrected chi connectivity index (χ2v) is 24.2. The van der Waals surface area contributed by atoms with E-state index in [-0.39, 0.29) is 62.1 Å². The summed E-state index contributed by atoms with van der Waals surface area (Å²) in [7, 11) is 0. The van der Waals surface area contributed by atoms with Crippen molar-refractivity contribution < 1.29 is 96.6 Å². The van der Waals surface area contributed by atoms with Crippen molar-refractivity contribution >= 4 is 69.9 Å². The molecule has 20 nitrogen and oxygen atoms in total. The molecule has 4 N–H and O–H groups in total. The summed E-state index contributed by atoms with van der Waals surface area (Å²) >= 11 is 2.68. The second-order valence-electron chi connectivity index (χ2n) is 21.6. The number of thioether (sulfide) groups is 2. The molecule has 2 fully saturated rings. The van der Waals surface area contributed by atoms with Crippen molar-refractivity contribution in [3.8, 4) is 34.5 Å². The van der Waals surface area contributed by atoms with Gasteiger partial charge in [-0.1, -0.05) is 75.2 Å². The molecule has 0 spiro atoms. The zero-order valence-electron chi connectivity index (χ0n) is 48.3. The summed E-state index contributed by atoms with van der Waals surface area (Å²) in [5.74, 6) is -3.29. The van der Waals surface area contributed by atoms with Crippen molar-refractivity contribution in [2.75, 3.05) is 26.4 Å². The van der Waals surface area contributed by atoms with E-state index in [4.69, 9.17) is 47.4 Å². The van der Waals surface area contributed by atoms with Crippen LogP contribution < -0.4 is 28.4 Å². The van der Waals surface area contributed by atoms with Crippen molar-refractivity contribution in [3.63, 3.8) is 0 Å². The van der Waals surface area contributed by atoms with Gasteiger partial charge >= 0.3 is 29.8 Å². The first-order chi connectivity index (χ1) is 42.5. The van der Waals surface area contributed by atoms with E-state index in [9.17, 15) is 49.2 Å². The number of ether oxygens (including phenoxy) is 10. The van der Waals surface area contributed by atoms with Crippen LogP contribution in [0.15, 0.2) is 145 Å². The van der Waals surface area contributed by atoms with Crippen LogP contribution in [0.4, 0.5) is 0 Å². The second kappa shape index (κ2) is 30.4. The Balaban J connectivity index is 0.829. The molecule has 88 heavy (non-hydrogen) atoms. The Kier molecular flexibility index (Phi) is 22.3. The van der Waals surface area contributed by atoms with E-state index in [0.717, 1.165) is 18.2 Å². The normalized spacial score (nSPS) is 22.0. The SMILES string of the molecule is C=CC(=O)OCC(COc1ccc(OC(O)C2CCC(C(O)Oc3c4c(c(OC(O)C5CCC(C(=O)Oc6ccc(OCC(COC(=O)C=C)OC(=O)CC)cc6)CC5)c5ccccc35)SC(C3C(=O)c5ccccc5C3O)S4)CC2)cc1)OC(=O)C=C. The van der Waals surface area contributed by atoms with Gasteiger partial charge in [-0.3, -0.25) is 14.4 Å². The summed E-state index contributed by atoms with van der Waals surface area (Å²) in [4.78, 5) is 75.7. The standard InChI is InChI=1S/C66H70O20S2/c1-5-51(67)79-35-45(81-53(69)7-3)33-77-41-25-29-43(30-26-41)83-62(73)37-17-21-39(22-18-37)64(75)85-58-49-15-11-12-16-50(49)59(61-60(58)87-66(88-61)55-56(71)47-13-9-10-14-48(47)57(55)72)86-65(76)40-23-19-38(20-24-40)63(74)84-44-31-27-42(28-32-44)78-34-46(82-54(70)8-4)36-80-52(68)6-2/h5-7,9-16,25-32,37-40,45-46,55-56,62,64-66,71,73,75-76H,1-3,8,17-24,33-36H2,4H3. The van der Waals surface area contributed by atoms with Crippen LogP contribution in [0.3, 0.4) is 0 Å². The van der Waals surface area contributed by atoms with Gasteiger partial charge < -0.3 is 67.8 Å². The lowest BCUT2D eigenvalue weighted by atomic mass is 9.81. The molecule has 0 radical (unpaired) electrons. The number of esters is 5. The molecule has 2 saturated carbocycles. The number of fused-ring (bicyclic) bond motifs is 3. The fourth-order valence-corrected chi connectivity index (χ4v) is 14.2. The smallest absolute Gasteiger partial charge is 0.330 e. The van der Waals surface area contributed by atoms with E-state index in [1.807, 2.05) is 24.3 Å². The summed E-state index contributed by atoms with van der Waals surface area (Å²) in [6, 6.07) is 27.2. The average Bonchev–Trinajstić information content (AvgIpc) is 2.16. The maximum absolute atomic E-state index is 14.1.